The number of anilines is 1. The highest BCUT2D eigenvalue weighted by molar-refractivity contribution is 9.10. The average molecular weight is 389 g/mol. The number of halogens is 2. The van der Waals surface area contributed by atoms with Crippen LogP contribution in [0.4, 0.5) is 10.1 Å². The molecule has 4 nitrogen and oxygen atoms in total. The highest BCUT2D eigenvalue weighted by Crippen LogP contribution is 2.25. The molecule has 0 aliphatic carbocycles. The number of hydrogen-bond donors (Lipinski definition) is 1. The summed E-state index contributed by atoms with van der Waals surface area (Å²) in [4.78, 5) is 24.3. The van der Waals surface area contributed by atoms with Gasteiger partial charge in [0.05, 0.1) is 11.1 Å². The van der Waals surface area contributed by atoms with E-state index in [1.807, 2.05) is 13.0 Å². The van der Waals surface area contributed by atoms with Crippen LogP contribution in [0.5, 0.6) is 0 Å². The van der Waals surface area contributed by atoms with Gasteiger partial charge in [0.15, 0.2) is 0 Å². The summed E-state index contributed by atoms with van der Waals surface area (Å²) in [6.07, 6.45) is 1.44. The fraction of sp³-hybridized carbons (Fsp3) is 0.111. The van der Waals surface area contributed by atoms with Gasteiger partial charge in [-0.2, -0.15) is 0 Å². The van der Waals surface area contributed by atoms with Gasteiger partial charge in [0.25, 0.3) is 5.91 Å². The number of aromatic nitrogens is 1. The number of hydrogen-bond acceptors (Lipinski definition) is 2. The Hall–Kier alpha value is -2.47. The number of amides is 1. The topological polar surface area (TPSA) is 51.1 Å². The molecule has 0 saturated heterocycles. The van der Waals surface area contributed by atoms with Gasteiger partial charge in [-0.25, -0.2) is 4.39 Å². The summed E-state index contributed by atoms with van der Waals surface area (Å²) in [5.74, 6) is -1.11. The highest BCUT2D eigenvalue weighted by atomic mass is 79.9. The van der Waals surface area contributed by atoms with E-state index in [4.69, 9.17) is 0 Å². The summed E-state index contributed by atoms with van der Waals surface area (Å²) in [6, 6.07) is 9.50. The van der Waals surface area contributed by atoms with E-state index in [0.717, 1.165) is 10.0 Å². The number of carbonyl (C=O) groups excluding carboxylic acids is 2. The van der Waals surface area contributed by atoms with Crippen LogP contribution in [0.2, 0.25) is 0 Å². The van der Waals surface area contributed by atoms with Crippen molar-refractivity contribution in [1.29, 1.82) is 0 Å². The van der Waals surface area contributed by atoms with Gasteiger partial charge in [0.1, 0.15) is 5.82 Å². The molecule has 1 N–H and O–H groups in total. The standard InChI is InChI=1S/C18H14BrFN2O2/c1-10-3-5-13(8-16(10)19)21-18(24)15-9-22(11(2)23)17-7-12(20)4-6-14(15)17/h3-9H,1-2H3,(H,21,24). The first kappa shape index (κ1) is 16.4. The van der Waals surface area contributed by atoms with E-state index in [1.54, 1.807) is 12.1 Å². The molecule has 2 aromatic carbocycles. The van der Waals surface area contributed by atoms with Crippen LogP contribution in [-0.4, -0.2) is 16.4 Å². The number of nitrogens with one attached hydrogen (secondary N) is 1. The van der Waals surface area contributed by atoms with Crippen molar-refractivity contribution in [1.82, 2.24) is 4.57 Å². The highest BCUT2D eigenvalue weighted by Gasteiger charge is 2.17. The molecule has 0 unspecified atom stereocenters. The maximum atomic E-state index is 13.5. The van der Waals surface area contributed by atoms with Crippen LogP contribution in [-0.2, 0) is 0 Å². The van der Waals surface area contributed by atoms with Crippen LogP contribution < -0.4 is 5.32 Å². The van der Waals surface area contributed by atoms with E-state index in [1.165, 1.54) is 35.9 Å². The molecule has 1 heterocycles. The number of aryl methyl sites for hydroxylation is 1. The molecule has 0 aliphatic heterocycles. The van der Waals surface area contributed by atoms with Crippen molar-refractivity contribution in [2.45, 2.75) is 13.8 Å². The van der Waals surface area contributed by atoms with Gasteiger partial charge in [-0.15, -0.1) is 0 Å². The fourth-order valence-electron chi connectivity index (χ4n) is 2.51. The SMILES string of the molecule is CC(=O)n1cc(C(=O)Nc2ccc(C)c(Br)c2)c2ccc(F)cc21. The van der Waals surface area contributed by atoms with Gasteiger partial charge >= 0.3 is 0 Å². The summed E-state index contributed by atoms with van der Waals surface area (Å²) >= 11 is 3.42. The second-order valence-electron chi connectivity index (χ2n) is 5.51. The van der Waals surface area contributed by atoms with E-state index in [9.17, 15) is 14.0 Å². The smallest absolute Gasteiger partial charge is 0.257 e. The van der Waals surface area contributed by atoms with Crippen LogP contribution in [0.15, 0.2) is 47.1 Å². The third kappa shape index (κ3) is 2.97. The van der Waals surface area contributed by atoms with Crippen molar-refractivity contribution >= 4 is 44.3 Å². The summed E-state index contributed by atoms with van der Waals surface area (Å²) in [6.45, 7) is 3.31. The lowest BCUT2D eigenvalue weighted by Crippen LogP contribution is -2.12. The molecule has 0 spiro atoms. The van der Waals surface area contributed by atoms with Gasteiger partial charge in [-0.1, -0.05) is 22.0 Å². The fourth-order valence-corrected chi connectivity index (χ4v) is 2.89. The zero-order chi connectivity index (χ0) is 17.4. The molecule has 24 heavy (non-hydrogen) atoms. The Morgan fingerprint density at radius 2 is 1.92 bits per heavy atom. The maximum absolute atomic E-state index is 13.5. The van der Waals surface area contributed by atoms with Crippen molar-refractivity contribution in [3.8, 4) is 0 Å². The van der Waals surface area contributed by atoms with Gasteiger partial charge in [-0.3, -0.25) is 14.2 Å². The molecule has 122 valence electrons. The van der Waals surface area contributed by atoms with Crippen molar-refractivity contribution in [2.24, 2.45) is 0 Å². The van der Waals surface area contributed by atoms with E-state index in [0.29, 0.717) is 22.2 Å². The zero-order valence-corrected chi connectivity index (χ0v) is 14.6. The molecule has 0 radical (unpaired) electrons. The third-order valence-electron chi connectivity index (χ3n) is 3.78. The first-order valence-corrected chi connectivity index (χ1v) is 8.05. The molecule has 3 aromatic rings. The largest absolute Gasteiger partial charge is 0.322 e. The van der Waals surface area contributed by atoms with Crippen LogP contribution in [0.1, 0.15) is 27.6 Å². The van der Waals surface area contributed by atoms with Gasteiger partial charge < -0.3 is 5.32 Å². The Morgan fingerprint density at radius 3 is 2.58 bits per heavy atom. The molecule has 1 amide bonds. The molecule has 6 heteroatoms. The van der Waals surface area contributed by atoms with E-state index < -0.39 is 5.82 Å². The van der Waals surface area contributed by atoms with E-state index >= 15 is 0 Å². The number of carbonyl (C=O) groups is 2. The summed E-state index contributed by atoms with van der Waals surface area (Å²) in [5.41, 5.74) is 2.37. The first-order chi connectivity index (χ1) is 11.4. The minimum absolute atomic E-state index is 0.289. The van der Waals surface area contributed by atoms with Crippen molar-refractivity contribution < 1.29 is 14.0 Å². The molecule has 0 aliphatic rings. The Kier molecular flexibility index (Phi) is 4.24. The monoisotopic (exact) mass is 388 g/mol. The molecule has 0 fully saturated rings. The summed E-state index contributed by atoms with van der Waals surface area (Å²) in [5, 5.41) is 3.32. The molecule has 1 aromatic heterocycles. The minimum atomic E-state index is -0.461. The number of rotatable bonds is 2. The lowest BCUT2D eigenvalue weighted by atomic mass is 10.1. The van der Waals surface area contributed by atoms with Crippen LogP contribution >= 0.6 is 15.9 Å². The second kappa shape index (κ2) is 6.20. The second-order valence-corrected chi connectivity index (χ2v) is 6.37. The first-order valence-electron chi connectivity index (χ1n) is 7.26. The zero-order valence-electron chi connectivity index (χ0n) is 13.1. The molecule has 3 rings (SSSR count). The molecule has 0 bridgehead atoms. The summed E-state index contributed by atoms with van der Waals surface area (Å²) in [7, 11) is 0. The third-order valence-corrected chi connectivity index (χ3v) is 4.64. The lowest BCUT2D eigenvalue weighted by molar-refractivity contribution is 0.0941. The van der Waals surface area contributed by atoms with Crippen LogP contribution in [0, 0.1) is 12.7 Å². The molecule has 0 atom stereocenters. The Labute approximate surface area is 146 Å². The van der Waals surface area contributed by atoms with Gasteiger partial charge in [0.2, 0.25) is 5.91 Å². The normalized spacial score (nSPS) is 10.8. The minimum Gasteiger partial charge on any atom is -0.322 e. The van der Waals surface area contributed by atoms with Crippen LogP contribution in [0.3, 0.4) is 0 Å². The molecular weight excluding hydrogens is 375 g/mol. The van der Waals surface area contributed by atoms with E-state index in [-0.39, 0.29) is 11.8 Å². The van der Waals surface area contributed by atoms with Gasteiger partial charge in [0, 0.05) is 28.7 Å². The maximum Gasteiger partial charge on any atom is 0.257 e. The Morgan fingerprint density at radius 1 is 1.17 bits per heavy atom. The average Bonchev–Trinajstić information content (AvgIpc) is 2.90. The van der Waals surface area contributed by atoms with Crippen LogP contribution in [0.25, 0.3) is 10.9 Å². The van der Waals surface area contributed by atoms with Crippen molar-refractivity contribution in [3.05, 3.63) is 64.0 Å². The van der Waals surface area contributed by atoms with Crippen molar-refractivity contribution in [3.63, 3.8) is 0 Å². The van der Waals surface area contributed by atoms with Crippen molar-refractivity contribution in [2.75, 3.05) is 5.32 Å². The number of fused-ring (bicyclic) bond motifs is 1. The molecule has 0 saturated carbocycles. The molecular formula is C18H14BrFN2O2. The number of benzene rings is 2. The number of nitrogens with zero attached hydrogens (tertiary/aromatic N) is 1. The van der Waals surface area contributed by atoms with Gasteiger partial charge in [-0.05, 0) is 42.8 Å². The Bertz CT molecular complexity index is 979. The predicted octanol–water partition coefficient (Wildman–Crippen LogP) is 4.76. The predicted molar refractivity (Wildman–Crippen MR) is 95.0 cm³/mol. The quantitative estimate of drug-likeness (QED) is 0.687. The lowest BCUT2D eigenvalue weighted by Gasteiger charge is -2.06. The summed E-state index contributed by atoms with van der Waals surface area (Å²) < 4.78 is 15.6. The Balaban J connectivity index is 2.03. The van der Waals surface area contributed by atoms with E-state index in [2.05, 4.69) is 21.2 Å².